The summed E-state index contributed by atoms with van der Waals surface area (Å²) in [6.45, 7) is 2.41. The maximum atomic E-state index is 12.6. The van der Waals surface area contributed by atoms with E-state index in [0.717, 1.165) is 18.4 Å². The Hall–Kier alpha value is -1.55. The molecule has 1 unspecified atom stereocenters. The number of esters is 1. The SMILES string of the molecule is COC(=O)C1CCCCN1C(=O)c1cccc(C)c1Cl. The summed E-state index contributed by atoms with van der Waals surface area (Å²) in [7, 11) is 1.35. The molecule has 0 aliphatic carbocycles. The summed E-state index contributed by atoms with van der Waals surface area (Å²) < 4.78 is 4.79. The molecule has 1 aromatic rings. The second-order valence-electron chi connectivity index (χ2n) is 4.97. The van der Waals surface area contributed by atoms with Crippen molar-refractivity contribution in [1.82, 2.24) is 4.90 Å². The van der Waals surface area contributed by atoms with Crippen LogP contribution in [0.5, 0.6) is 0 Å². The summed E-state index contributed by atoms with van der Waals surface area (Å²) >= 11 is 6.20. The van der Waals surface area contributed by atoms with Crippen LogP contribution < -0.4 is 0 Å². The van der Waals surface area contributed by atoms with Gasteiger partial charge in [0.1, 0.15) is 6.04 Å². The van der Waals surface area contributed by atoms with E-state index in [9.17, 15) is 9.59 Å². The number of rotatable bonds is 2. The molecule has 20 heavy (non-hydrogen) atoms. The number of halogens is 1. The van der Waals surface area contributed by atoms with Crippen molar-refractivity contribution in [1.29, 1.82) is 0 Å². The maximum absolute atomic E-state index is 12.6. The predicted octanol–water partition coefficient (Wildman–Crippen LogP) is 2.82. The summed E-state index contributed by atoms with van der Waals surface area (Å²) in [4.78, 5) is 26.0. The van der Waals surface area contributed by atoms with Crippen LogP contribution in [0, 0.1) is 6.92 Å². The van der Waals surface area contributed by atoms with E-state index in [1.807, 2.05) is 13.0 Å². The van der Waals surface area contributed by atoms with E-state index in [1.54, 1.807) is 17.0 Å². The van der Waals surface area contributed by atoms with Gasteiger partial charge in [-0.2, -0.15) is 0 Å². The largest absolute Gasteiger partial charge is 0.467 e. The zero-order chi connectivity index (χ0) is 14.7. The lowest BCUT2D eigenvalue weighted by Crippen LogP contribution is -2.48. The molecule has 1 saturated heterocycles. The molecule has 1 aliphatic heterocycles. The normalized spacial score (nSPS) is 18.8. The molecular weight excluding hydrogens is 278 g/mol. The fourth-order valence-electron chi connectivity index (χ4n) is 2.52. The average molecular weight is 296 g/mol. The van der Waals surface area contributed by atoms with Crippen LogP contribution in [0.4, 0.5) is 0 Å². The van der Waals surface area contributed by atoms with Crippen molar-refractivity contribution in [3.05, 3.63) is 34.3 Å². The van der Waals surface area contributed by atoms with Gasteiger partial charge in [-0.05, 0) is 37.8 Å². The highest BCUT2D eigenvalue weighted by molar-refractivity contribution is 6.34. The number of likely N-dealkylation sites (tertiary alicyclic amines) is 1. The molecule has 1 aliphatic rings. The molecule has 0 aromatic heterocycles. The number of hydrogen-bond acceptors (Lipinski definition) is 3. The number of benzene rings is 1. The van der Waals surface area contributed by atoms with Crippen molar-refractivity contribution in [2.75, 3.05) is 13.7 Å². The van der Waals surface area contributed by atoms with Gasteiger partial charge in [-0.15, -0.1) is 0 Å². The topological polar surface area (TPSA) is 46.6 Å². The average Bonchev–Trinajstić information content (AvgIpc) is 2.48. The molecule has 0 spiro atoms. The smallest absolute Gasteiger partial charge is 0.328 e. The second-order valence-corrected chi connectivity index (χ2v) is 5.35. The molecule has 5 heteroatoms. The first-order chi connectivity index (χ1) is 9.56. The second kappa shape index (κ2) is 6.27. The first-order valence-electron chi connectivity index (χ1n) is 6.70. The third-order valence-corrected chi connectivity index (χ3v) is 4.16. The number of ether oxygens (including phenoxy) is 1. The number of carbonyl (C=O) groups excluding carboxylic acids is 2. The summed E-state index contributed by atoms with van der Waals surface area (Å²) in [5.74, 6) is -0.560. The minimum absolute atomic E-state index is 0.200. The van der Waals surface area contributed by atoms with Crippen LogP contribution in [0.3, 0.4) is 0 Å². The van der Waals surface area contributed by atoms with Crippen molar-refractivity contribution in [3.8, 4) is 0 Å². The van der Waals surface area contributed by atoms with Gasteiger partial charge in [-0.25, -0.2) is 4.79 Å². The number of hydrogen-bond donors (Lipinski definition) is 0. The minimum atomic E-state index is -0.502. The molecule has 0 saturated carbocycles. The van der Waals surface area contributed by atoms with E-state index in [-0.39, 0.29) is 11.9 Å². The van der Waals surface area contributed by atoms with Crippen LogP contribution in [-0.4, -0.2) is 36.5 Å². The standard InChI is InChI=1S/C15H18ClNO3/c1-10-6-5-7-11(13(10)16)14(18)17-9-4-3-8-12(17)15(19)20-2/h5-7,12H,3-4,8-9H2,1-2H3. The monoisotopic (exact) mass is 295 g/mol. The highest BCUT2D eigenvalue weighted by Crippen LogP contribution is 2.26. The molecule has 1 aromatic carbocycles. The van der Waals surface area contributed by atoms with Gasteiger partial charge >= 0.3 is 5.97 Å². The summed E-state index contributed by atoms with van der Waals surface area (Å²) in [5, 5.41) is 0.451. The fraction of sp³-hybridized carbons (Fsp3) is 0.467. The molecule has 4 nitrogen and oxygen atoms in total. The number of aryl methyl sites for hydroxylation is 1. The lowest BCUT2D eigenvalue weighted by molar-refractivity contribution is -0.147. The number of piperidine rings is 1. The molecule has 2 rings (SSSR count). The zero-order valence-corrected chi connectivity index (χ0v) is 12.4. The molecule has 108 valence electrons. The van der Waals surface area contributed by atoms with E-state index < -0.39 is 6.04 Å². The van der Waals surface area contributed by atoms with Gasteiger partial charge in [0.15, 0.2) is 0 Å². The van der Waals surface area contributed by atoms with Crippen molar-refractivity contribution < 1.29 is 14.3 Å². The molecule has 1 amide bonds. The zero-order valence-electron chi connectivity index (χ0n) is 11.7. The third kappa shape index (κ3) is 2.80. The molecular formula is C15H18ClNO3. The van der Waals surface area contributed by atoms with Gasteiger partial charge in [0.2, 0.25) is 0 Å². The lowest BCUT2D eigenvalue weighted by Gasteiger charge is -2.34. The summed E-state index contributed by atoms with van der Waals surface area (Å²) in [6, 6.07) is 4.84. The van der Waals surface area contributed by atoms with Gasteiger partial charge in [0.25, 0.3) is 5.91 Å². The number of amides is 1. The van der Waals surface area contributed by atoms with E-state index in [4.69, 9.17) is 16.3 Å². The van der Waals surface area contributed by atoms with E-state index in [2.05, 4.69) is 0 Å². The van der Waals surface area contributed by atoms with Gasteiger partial charge in [-0.3, -0.25) is 4.79 Å². The van der Waals surface area contributed by atoms with Crippen LogP contribution in [0.25, 0.3) is 0 Å². The first kappa shape index (κ1) is 14.9. The van der Waals surface area contributed by atoms with Crippen LogP contribution in [0.15, 0.2) is 18.2 Å². The van der Waals surface area contributed by atoms with Gasteiger partial charge in [0, 0.05) is 6.54 Å². The lowest BCUT2D eigenvalue weighted by atomic mass is 10.0. The molecule has 0 N–H and O–H groups in total. The Kier molecular flexibility index (Phi) is 4.65. The Bertz CT molecular complexity index is 530. The highest BCUT2D eigenvalue weighted by atomic mass is 35.5. The Morgan fingerprint density at radius 2 is 2.10 bits per heavy atom. The summed E-state index contributed by atoms with van der Waals surface area (Å²) in [6.07, 6.45) is 2.45. The number of methoxy groups -OCH3 is 1. The van der Waals surface area contributed by atoms with E-state index in [0.29, 0.717) is 23.6 Å². The quantitative estimate of drug-likeness (QED) is 0.788. The van der Waals surface area contributed by atoms with E-state index in [1.165, 1.54) is 7.11 Å². The van der Waals surface area contributed by atoms with Crippen molar-refractivity contribution in [2.45, 2.75) is 32.2 Å². The van der Waals surface area contributed by atoms with Crippen LogP contribution in [0.2, 0.25) is 5.02 Å². The van der Waals surface area contributed by atoms with Crippen LogP contribution >= 0.6 is 11.6 Å². The van der Waals surface area contributed by atoms with Crippen molar-refractivity contribution in [3.63, 3.8) is 0 Å². The highest BCUT2D eigenvalue weighted by Gasteiger charge is 2.34. The van der Waals surface area contributed by atoms with Crippen LogP contribution in [0.1, 0.15) is 35.2 Å². The van der Waals surface area contributed by atoms with Crippen LogP contribution in [-0.2, 0) is 9.53 Å². The third-order valence-electron chi connectivity index (χ3n) is 3.66. The molecule has 1 atom stereocenters. The molecule has 1 heterocycles. The first-order valence-corrected chi connectivity index (χ1v) is 7.08. The van der Waals surface area contributed by atoms with Gasteiger partial charge in [0.05, 0.1) is 17.7 Å². The Balaban J connectivity index is 2.30. The maximum Gasteiger partial charge on any atom is 0.328 e. The van der Waals surface area contributed by atoms with Crippen molar-refractivity contribution in [2.24, 2.45) is 0 Å². The molecule has 0 bridgehead atoms. The summed E-state index contributed by atoms with van der Waals surface area (Å²) in [5.41, 5.74) is 1.30. The number of nitrogens with zero attached hydrogens (tertiary/aromatic N) is 1. The Morgan fingerprint density at radius 1 is 1.35 bits per heavy atom. The Labute approximate surface area is 123 Å². The minimum Gasteiger partial charge on any atom is -0.467 e. The van der Waals surface area contributed by atoms with Gasteiger partial charge in [-0.1, -0.05) is 23.7 Å². The predicted molar refractivity (Wildman–Crippen MR) is 76.9 cm³/mol. The van der Waals surface area contributed by atoms with Crippen molar-refractivity contribution >= 4 is 23.5 Å². The number of carbonyl (C=O) groups is 2. The fourth-order valence-corrected chi connectivity index (χ4v) is 2.73. The molecule has 0 radical (unpaired) electrons. The Morgan fingerprint density at radius 3 is 2.80 bits per heavy atom. The van der Waals surface area contributed by atoms with Gasteiger partial charge < -0.3 is 9.64 Å². The van der Waals surface area contributed by atoms with E-state index >= 15 is 0 Å². The molecule has 1 fully saturated rings.